The molecule has 0 spiro atoms. The van der Waals surface area contributed by atoms with Gasteiger partial charge in [0.25, 0.3) is 0 Å². The Bertz CT molecular complexity index is 520. The lowest BCUT2D eigenvalue weighted by Gasteiger charge is -2.12. The van der Waals surface area contributed by atoms with Crippen molar-refractivity contribution in [3.63, 3.8) is 0 Å². The molecule has 1 aromatic carbocycles. The van der Waals surface area contributed by atoms with Crippen LogP contribution in [-0.4, -0.2) is 17.9 Å². The molecule has 0 saturated heterocycles. The van der Waals surface area contributed by atoms with Crippen LogP contribution in [0.4, 0.5) is 0 Å². The van der Waals surface area contributed by atoms with Gasteiger partial charge in [-0.1, -0.05) is 24.3 Å². The molecule has 0 fully saturated rings. The van der Waals surface area contributed by atoms with Crippen LogP contribution < -0.4 is 4.74 Å². The molecule has 3 rings (SSSR count). The Balaban J connectivity index is 2.41. The lowest BCUT2D eigenvalue weighted by atomic mass is 10.1. The molecule has 68 valence electrons. The van der Waals surface area contributed by atoms with Crippen LogP contribution in [0.25, 0.3) is 10.8 Å². The van der Waals surface area contributed by atoms with E-state index in [-0.39, 0.29) is 0 Å². The highest BCUT2D eigenvalue weighted by Gasteiger charge is 2.10. The number of rotatable bonds is 0. The van der Waals surface area contributed by atoms with Crippen molar-refractivity contribution in [3.8, 4) is 5.75 Å². The third-order valence-corrected chi connectivity index (χ3v) is 2.28. The molecule has 3 heteroatoms. The Morgan fingerprint density at radius 3 is 3.14 bits per heavy atom. The molecule has 0 bridgehead atoms. The molecule has 0 atom stereocenters. The maximum atomic E-state index is 5.48. The fraction of sp³-hybridized carbons (Fsp3) is 0.0909. The van der Waals surface area contributed by atoms with Crippen molar-refractivity contribution >= 4 is 17.0 Å². The van der Waals surface area contributed by atoms with Gasteiger partial charge < -0.3 is 4.74 Å². The van der Waals surface area contributed by atoms with Crippen LogP contribution >= 0.6 is 0 Å². The number of fused-ring (bicyclic) bond motifs is 3. The quantitative estimate of drug-likeness (QED) is 0.627. The molecule has 0 radical (unpaired) electrons. The second-order valence-electron chi connectivity index (χ2n) is 3.14. The molecule has 1 aromatic heterocycles. The van der Waals surface area contributed by atoms with Crippen molar-refractivity contribution in [2.75, 3.05) is 6.73 Å². The summed E-state index contributed by atoms with van der Waals surface area (Å²) in [6, 6.07) is 8.05. The van der Waals surface area contributed by atoms with Gasteiger partial charge in [-0.2, -0.15) is 0 Å². The van der Waals surface area contributed by atoms with Crippen LogP contribution in [0.15, 0.2) is 35.5 Å². The van der Waals surface area contributed by atoms with Gasteiger partial charge in [0, 0.05) is 17.0 Å². The Hall–Kier alpha value is -1.90. The van der Waals surface area contributed by atoms with Gasteiger partial charge >= 0.3 is 0 Å². The zero-order valence-corrected chi connectivity index (χ0v) is 7.47. The first kappa shape index (κ1) is 7.50. The van der Waals surface area contributed by atoms with Crippen molar-refractivity contribution in [2.24, 2.45) is 4.99 Å². The van der Waals surface area contributed by atoms with E-state index in [9.17, 15) is 0 Å². The van der Waals surface area contributed by atoms with Gasteiger partial charge in [0.15, 0.2) is 12.5 Å². The molecule has 2 heterocycles. The smallest absolute Gasteiger partial charge is 0.179 e. The third kappa shape index (κ3) is 0.988. The fourth-order valence-corrected chi connectivity index (χ4v) is 1.62. The minimum atomic E-state index is 0.392. The summed E-state index contributed by atoms with van der Waals surface area (Å²) in [6.07, 6.45) is 3.60. The van der Waals surface area contributed by atoms with Gasteiger partial charge in [-0.05, 0) is 0 Å². The van der Waals surface area contributed by atoms with Crippen LogP contribution in [0.2, 0.25) is 0 Å². The molecular formula is C11H8N2O. The summed E-state index contributed by atoms with van der Waals surface area (Å²) in [4.78, 5) is 8.29. The second kappa shape index (κ2) is 2.80. The van der Waals surface area contributed by atoms with Crippen molar-refractivity contribution in [3.05, 3.63) is 36.2 Å². The molecule has 1 aliphatic heterocycles. The Kier molecular flexibility index (Phi) is 1.50. The summed E-state index contributed by atoms with van der Waals surface area (Å²) in [5.41, 5.74) is 0.815. The zero-order chi connectivity index (χ0) is 9.38. The molecule has 14 heavy (non-hydrogen) atoms. The molecule has 0 N–H and O–H groups in total. The van der Waals surface area contributed by atoms with E-state index in [1.54, 1.807) is 6.21 Å². The van der Waals surface area contributed by atoms with Crippen molar-refractivity contribution < 1.29 is 4.74 Å². The van der Waals surface area contributed by atoms with E-state index in [1.807, 2.05) is 30.5 Å². The van der Waals surface area contributed by atoms with E-state index in [2.05, 4.69) is 9.98 Å². The van der Waals surface area contributed by atoms with Crippen LogP contribution in [0, 0.1) is 0 Å². The number of aromatic nitrogens is 1. The first-order valence-corrected chi connectivity index (χ1v) is 4.45. The maximum absolute atomic E-state index is 5.48. The minimum Gasteiger partial charge on any atom is -0.468 e. The van der Waals surface area contributed by atoms with Crippen molar-refractivity contribution in [1.29, 1.82) is 0 Å². The van der Waals surface area contributed by atoms with E-state index in [1.165, 1.54) is 0 Å². The van der Waals surface area contributed by atoms with E-state index in [0.717, 1.165) is 22.2 Å². The number of pyridine rings is 1. The molecule has 0 aliphatic carbocycles. The summed E-state index contributed by atoms with van der Waals surface area (Å²) in [5, 5.41) is 2.20. The maximum Gasteiger partial charge on any atom is 0.179 e. The van der Waals surface area contributed by atoms with E-state index >= 15 is 0 Å². The fourth-order valence-electron chi connectivity index (χ4n) is 1.62. The average molecular weight is 184 g/mol. The van der Waals surface area contributed by atoms with Gasteiger partial charge in [0.1, 0.15) is 5.69 Å². The van der Waals surface area contributed by atoms with Crippen molar-refractivity contribution in [1.82, 2.24) is 4.98 Å². The van der Waals surface area contributed by atoms with Crippen LogP contribution in [-0.2, 0) is 0 Å². The van der Waals surface area contributed by atoms with Gasteiger partial charge in [-0.15, -0.1) is 0 Å². The van der Waals surface area contributed by atoms with Crippen molar-refractivity contribution in [2.45, 2.75) is 0 Å². The predicted octanol–water partition coefficient (Wildman–Crippen LogP) is 2.00. The van der Waals surface area contributed by atoms with Crippen LogP contribution in [0.3, 0.4) is 0 Å². The van der Waals surface area contributed by atoms with E-state index in [4.69, 9.17) is 4.74 Å². The minimum absolute atomic E-state index is 0.392. The number of aliphatic imine (C=N–C) groups is 1. The third-order valence-electron chi connectivity index (χ3n) is 2.28. The summed E-state index contributed by atoms with van der Waals surface area (Å²) < 4.78 is 5.48. The Labute approximate surface area is 81.1 Å². The molecule has 0 unspecified atom stereocenters. The molecule has 1 aliphatic rings. The lowest BCUT2D eigenvalue weighted by Crippen LogP contribution is -2.06. The lowest BCUT2D eigenvalue weighted by molar-refractivity contribution is 0.328. The van der Waals surface area contributed by atoms with Gasteiger partial charge in [-0.25, -0.2) is 0 Å². The van der Waals surface area contributed by atoms with Gasteiger partial charge in [-0.3, -0.25) is 9.98 Å². The molecular weight excluding hydrogens is 176 g/mol. The molecule has 3 nitrogen and oxygen atoms in total. The SMILES string of the molecule is C1=NCOc2c1ncc1ccccc21. The number of nitrogens with zero attached hydrogens (tertiary/aromatic N) is 2. The van der Waals surface area contributed by atoms with Gasteiger partial charge in [0.05, 0.1) is 6.21 Å². The molecule has 0 amide bonds. The van der Waals surface area contributed by atoms with Crippen LogP contribution in [0.1, 0.15) is 5.69 Å². The normalized spacial score (nSPS) is 13.7. The highest BCUT2D eigenvalue weighted by Crippen LogP contribution is 2.28. The summed E-state index contributed by atoms with van der Waals surface area (Å²) in [5.74, 6) is 0.845. The summed E-state index contributed by atoms with van der Waals surface area (Å²) in [7, 11) is 0. The number of hydrogen-bond donors (Lipinski definition) is 0. The first-order valence-electron chi connectivity index (χ1n) is 4.45. The standard InChI is InChI=1S/C11H8N2O/c1-2-4-9-8(3-1)5-13-10-6-12-7-14-11(9)10/h1-6H,7H2. The summed E-state index contributed by atoms with van der Waals surface area (Å²) in [6.45, 7) is 0.392. The zero-order valence-electron chi connectivity index (χ0n) is 7.47. The number of ether oxygens (including phenoxy) is 1. The van der Waals surface area contributed by atoms with Crippen LogP contribution in [0.5, 0.6) is 5.75 Å². The Morgan fingerprint density at radius 1 is 1.21 bits per heavy atom. The highest BCUT2D eigenvalue weighted by molar-refractivity contribution is 5.95. The monoisotopic (exact) mass is 184 g/mol. The largest absolute Gasteiger partial charge is 0.468 e. The summed E-state index contributed by atoms with van der Waals surface area (Å²) >= 11 is 0. The second-order valence-corrected chi connectivity index (χ2v) is 3.14. The highest BCUT2D eigenvalue weighted by atomic mass is 16.5. The van der Waals surface area contributed by atoms with E-state index < -0.39 is 0 Å². The number of benzene rings is 1. The number of hydrogen-bond acceptors (Lipinski definition) is 3. The van der Waals surface area contributed by atoms with Gasteiger partial charge in [0.2, 0.25) is 0 Å². The molecule has 0 saturated carbocycles. The Morgan fingerprint density at radius 2 is 2.14 bits per heavy atom. The van der Waals surface area contributed by atoms with E-state index in [0.29, 0.717) is 6.73 Å². The topological polar surface area (TPSA) is 34.5 Å². The first-order chi connectivity index (χ1) is 6.95. The average Bonchev–Trinajstić information content (AvgIpc) is 2.29. The molecule has 2 aromatic rings. The predicted molar refractivity (Wildman–Crippen MR) is 54.8 cm³/mol.